The number of methoxy groups -OCH3 is 1. The van der Waals surface area contributed by atoms with Crippen molar-refractivity contribution in [3.05, 3.63) is 82.5 Å². The highest BCUT2D eigenvalue weighted by Gasteiger charge is 2.23. The van der Waals surface area contributed by atoms with Crippen LogP contribution in [-0.2, 0) is 11.3 Å². The number of piperazine rings is 1. The number of rotatable bonds is 4. The van der Waals surface area contributed by atoms with Gasteiger partial charge in [0, 0.05) is 48.7 Å². The average molecular weight is 442 g/mol. The maximum Gasteiger partial charge on any atom is 0.242 e. The number of benzene rings is 3. The zero-order chi connectivity index (χ0) is 22.9. The number of aromatic nitrogens is 1. The van der Waals surface area contributed by atoms with E-state index in [4.69, 9.17) is 4.74 Å². The number of para-hydroxylation sites is 1. The summed E-state index contributed by atoms with van der Waals surface area (Å²) in [5.41, 5.74) is 3.74. The first-order chi connectivity index (χ1) is 16.0. The highest BCUT2D eigenvalue weighted by atomic mass is 16.5. The fraction of sp³-hybridized carbons (Fsp3) is 0.259. The zero-order valence-corrected chi connectivity index (χ0v) is 19.0. The summed E-state index contributed by atoms with van der Waals surface area (Å²) in [4.78, 5) is 30.6. The fourth-order valence-corrected chi connectivity index (χ4v) is 4.67. The number of fused-ring (bicyclic) bond motifs is 2. The van der Waals surface area contributed by atoms with Crippen molar-refractivity contribution >= 4 is 33.4 Å². The summed E-state index contributed by atoms with van der Waals surface area (Å²) < 4.78 is 7.33. The SMILES string of the molecule is COc1cccc(N2CCN(C(=O)Cn3c4ccccc4c(=O)c4cc(C)ccc43)CC2)c1. The van der Waals surface area contributed by atoms with Gasteiger partial charge in [-0.1, -0.05) is 29.8 Å². The Hall–Kier alpha value is -3.80. The first-order valence-corrected chi connectivity index (χ1v) is 11.2. The molecule has 6 nitrogen and oxygen atoms in total. The van der Waals surface area contributed by atoms with Crippen LogP contribution in [0.1, 0.15) is 5.56 Å². The van der Waals surface area contributed by atoms with E-state index in [-0.39, 0.29) is 17.9 Å². The second-order valence-corrected chi connectivity index (χ2v) is 8.52. The number of anilines is 1. The molecule has 3 aromatic carbocycles. The quantitative estimate of drug-likeness (QED) is 0.452. The maximum absolute atomic E-state index is 13.3. The monoisotopic (exact) mass is 441 g/mol. The topological polar surface area (TPSA) is 54.8 Å². The van der Waals surface area contributed by atoms with Gasteiger partial charge in [0.1, 0.15) is 12.3 Å². The number of pyridine rings is 1. The summed E-state index contributed by atoms with van der Waals surface area (Å²) >= 11 is 0. The van der Waals surface area contributed by atoms with Crippen LogP contribution in [0.3, 0.4) is 0 Å². The molecule has 1 aliphatic rings. The van der Waals surface area contributed by atoms with Crippen molar-refractivity contribution in [3.8, 4) is 5.75 Å². The van der Waals surface area contributed by atoms with Crippen molar-refractivity contribution in [1.29, 1.82) is 0 Å². The summed E-state index contributed by atoms with van der Waals surface area (Å²) in [7, 11) is 1.67. The Kier molecular flexibility index (Phi) is 5.50. The lowest BCUT2D eigenvalue weighted by atomic mass is 10.1. The Morgan fingerprint density at radius 3 is 2.42 bits per heavy atom. The van der Waals surface area contributed by atoms with Gasteiger partial charge < -0.3 is 19.1 Å². The number of amides is 1. The number of ether oxygens (including phenoxy) is 1. The van der Waals surface area contributed by atoms with E-state index in [0.29, 0.717) is 23.9 Å². The summed E-state index contributed by atoms with van der Waals surface area (Å²) in [5.74, 6) is 0.897. The largest absolute Gasteiger partial charge is 0.497 e. The molecule has 5 rings (SSSR count). The van der Waals surface area contributed by atoms with E-state index >= 15 is 0 Å². The highest BCUT2D eigenvalue weighted by Crippen LogP contribution is 2.23. The van der Waals surface area contributed by atoms with Crippen molar-refractivity contribution in [3.63, 3.8) is 0 Å². The van der Waals surface area contributed by atoms with Crippen LogP contribution >= 0.6 is 0 Å². The van der Waals surface area contributed by atoms with Crippen LogP contribution in [0.4, 0.5) is 5.69 Å². The number of nitrogens with zero attached hydrogens (tertiary/aromatic N) is 3. The van der Waals surface area contributed by atoms with E-state index in [1.165, 1.54) is 0 Å². The molecule has 1 fully saturated rings. The van der Waals surface area contributed by atoms with Crippen molar-refractivity contribution in [2.45, 2.75) is 13.5 Å². The second kappa shape index (κ2) is 8.62. The molecule has 0 atom stereocenters. The molecule has 0 bridgehead atoms. The van der Waals surface area contributed by atoms with Crippen molar-refractivity contribution < 1.29 is 9.53 Å². The third-order valence-electron chi connectivity index (χ3n) is 6.47. The molecule has 33 heavy (non-hydrogen) atoms. The first-order valence-electron chi connectivity index (χ1n) is 11.2. The molecule has 0 spiro atoms. The Balaban J connectivity index is 1.41. The van der Waals surface area contributed by atoms with Crippen LogP contribution in [0, 0.1) is 6.92 Å². The van der Waals surface area contributed by atoms with Gasteiger partial charge in [0.15, 0.2) is 5.43 Å². The van der Waals surface area contributed by atoms with Crippen LogP contribution in [0.25, 0.3) is 21.8 Å². The van der Waals surface area contributed by atoms with Crippen molar-refractivity contribution in [2.75, 3.05) is 38.2 Å². The number of carbonyl (C=O) groups is 1. The first kappa shape index (κ1) is 21.1. The van der Waals surface area contributed by atoms with E-state index in [1.807, 2.05) is 77.1 Å². The minimum Gasteiger partial charge on any atom is -0.497 e. The van der Waals surface area contributed by atoms with Gasteiger partial charge in [-0.15, -0.1) is 0 Å². The zero-order valence-electron chi connectivity index (χ0n) is 19.0. The summed E-state index contributed by atoms with van der Waals surface area (Å²) in [6.45, 7) is 5.04. The predicted molar refractivity (Wildman–Crippen MR) is 132 cm³/mol. The van der Waals surface area contributed by atoms with Crippen molar-refractivity contribution in [2.24, 2.45) is 0 Å². The molecule has 1 aliphatic heterocycles. The van der Waals surface area contributed by atoms with Crippen LogP contribution in [-0.4, -0.2) is 48.7 Å². The Labute approximate surface area is 192 Å². The molecular formula is C27H27N3O3. The predicted octanol–water partition coefficient (Wildman–Crippen LogP) is 3.82. The molecule has 2 heterocycles. The number of aryl methyl sites for hydroxylation is 1. The van der Waals surface area contributed by atoms with E-state index in [0.717, 1.165) is 41.1 Å². The van der Waals surface area contributed by atoms with E-state index in [9.17, 15) is 9.59 Å². The van der Waals surface area contributed by atoms with Gasteiger partial charge in [0.05, 0.1) is 18.1 Å². The molecule has 0 aliphatic carbocycles. The Bertz CT molecular complexity index is 1400. The third-order valence-corrected chi connectivity index (χ3v) is 6.47. The van der Waals surface area contributed by atoms with Gasteiger partial charge in [0.25, 0.3) is 0 Å². The smallest absolute Gasteiger partial charge is 0.242 e. The van der Waals surface area contributed by atoms with E-state index in [1.54, 1.807) is 7.11 Å². The lowest BCUT2D eigenvalue weighted by molar-refractivity contribution is -0.132. The van der Waals surface area contributed by atoms with Gasteiger partial charge in [-0.25, -0.2) is 0 Å². The molecule has 4 aromatic rings. The van der Waals surface area contributed by atoms with Gasteiger partial charge >= 0.3 is 0 Å². The fourth-order valence-electron chi connectivity index (χ4n) is 4.67. The Morgan fingerprint density at radius 1 is 0.879 bits per heavy atom. The minimum atomic E-state index is 0.0138. The summed E-state index contributed by atoms with van der Waals surface area (Å²) in [5, 5.41) is 1.30. The lowest BCUT2D eigenvalue weighted by Crippen LogP contribution is -2.49. The number of hydrogen-bond acceptors (Lipinski definition) is 4. The van der Waals surface area contributed by atoms with Crippen LogP contribution in [0.2, 0.25) is 0 Å². The van der Waals surface area contributed by atoms with Crippen LogP contribution in [0.5, 0.6) is 5.75 Å². The maximum atomic E-state index is 13.3. The van der Waals surface area contributed by atoms with E-state index < -0.39 is 0 Å². The molecule has 0 radical (unpaired) electrons. The highest BCUT2D eigenvalue weighted by molar-refractivity contribution is 5.95. The average Bonchev–Trinajstić information content (AvgIpc) is 2.86. The summed E-state index contributed by atoms with van der Waals surface area (Å²) in [6.07, 6.45) is 0. The third kappa shape index (κ3) is 3.93. The molecule has 1 saturated heterocycles. The molecule has 6 heteroatoms. The normalized spacial score (nSPS) is 14.1. The van der Waals surface area contributed by atoms with Gasteiger partial charge in [-0.05, 0) is 43.3 Å². The van der Waals surface area contributed by atoms with Crippen molar-refractivity contribution in [1.82, 2.24) is 9.47 Å². The van der Waals surface area contributed by atoms with Gasteiger partial charge in [-0.2, -0.15) is 0 Å². The number of carbonyl (C=O) groups excluding carboxylic acids is 1. The van der Waals surface area contributed by atoms with E-state index in [2.05, 4.69) is 11.0 Å². The molecular weight excluding hydrogens is 414 g/mol. The number of hydrogen-bond donors (Lipinski definition) is 0. The molecule has 168 valence electrons. The van der Waals surface area contributed by atoms with Crippen LogP contribution < -0.4 is 15.1 Å². The molecule has 0 unspecified atom stereocenters. The molecule has 1 amide bonds. The summed E-state index contributed by atoms with van der Waals surface area (Å²) in [6, 6.07) is 21.4. The Morgan fingerprint density at radius 2 is 1.64 bits per heavy atom. The molecule has 1 aromatic heterocycles. The molecule has 0 N–H and O–H groups in total. The van der Waals surface area contributed by atoms with Gasteiger partial charge in [0.2, 0.25) is 5.91 Å². The standard InChI is InChI=1S/C27H27N3O3/c1-19-10-11-25-23(16-19)27(32)22-8-3-4-9-24(22)30(25)18-26(31)29-14-12-28(13-15-29)20-6-5-7-21(17-20)33-2/h3-11,16-17H,12-15,18H2,1-2H3. The molecule has 0 saturated carbocycles. The second-order valence-electron chi connectivity index (χ2n) is 8.52. The lowest BCUT2D eigenvalue weighted by Gasteiger charge is -2.36. The van der Waals surface area contributed by atoms with Gasteiger partial charge in [-0.3, -0.25) is 9.59 Å². The minimum absolute atomic E-state index is 0.0138. The van der Waals surface area contributed by atoms with Crippen LogP contribution in [0.15, 0.2) is 71.5 Å².